The summed E-state index contributed by atoms with van der Waals surface area (Å²) in [4.78, 5) is 36.5. The number of esters is 1. The summed E-state index contributed by atoms with van der Waals surface area (Å²) in [5.41, 5.74) is 0.422. The second-order valence-corrected chi connectivity index (χ2v) is 7.26. The smallest absolute Gasteiger partial charge is 0.328 e. The molecule has 0 saturated heterocycles. The van der Waals surface area contributed by atoms with Crippen molar-refractivity contribution in [1.29, 1.82) is 0 Å². The number of ether oxygens (including phenoxy) is 2. The first-order chi connectivity index (χ1) is 14.8. The molecule has 8 heteroatoms. The largest absolute Gasteiger partial charge is 0.507 e. The molecular formula is C23H23NO7. The van der Waals surface area contributed by atoms with Crippen LogP contribution in [0.1, 0.15) is 13.8 Å². The van der Waals surface area contributed by atoms with Crippen molar-refractivity contribution in [2.24, 2.45) is 5.92 Å². The quantitative estimate of drug-likeness (QED) is 0.559. The molecule has 1 amide bonds. The molecular weight excluding hydrogens is 402 g/mol. The van der Waals surface area contributed by atoms with Crippen molar-refractivity contribution in [3.8, 4) is 22.8 Å². The van der Waals surface area contributed by atoms with Crippen molar-refractivity contribution in [2.75, 3.05) is 13.7 Å². The molecule has 1 aromatic heterocycles. The van der Waals surface area contributed by atoms with Crippen molar-refractivity contribution in [2.45, 2.75) is 19.9 Å². The van der Waals surface area contributed by atoms with E-state index in [0.717, 1.165) is 0 Å². The maximum absolute atomic E-state index is 12.5. The molecule has 1 atom stereocenters. The molecule has 0 fully saturated rings. The molecule has 0 aliphatic carbocycles. The molecule has 8 nitrogen and oxygen atoms in total. The molecule has 0 bridgehead atoms. The zero-order valence-corrected chi connectivity index (χ0v) is 17.4. The maximum atomic E-state index is 12.5. The molecule has 1 heterocycles. The third-order valence-corrected chi connectivity index (χ3v) is 4.65. The van der Waals surface area contributed by atoms with Gasteiger partial charge in [0.1, 0.15) is 34.3 Å². The number of fused-ring (bicyclic) bond motifs is 1. The number of phenolic OH excluding ortho intramolecular Hbond substituents is 1. The van der Waals surface area contributed by atoms with Crippen LogP contribution in [0, 0.1) is 5.92 Å². The molecule has 1 unspecified atom stereocenters. The van der Waals surface area contributed by atoms with Crippen LogP contribution in [-0.4, -0.2) is 36.7 Å². The van der Waals surface area contributed by atoms with Gasteiger partial charge in [-0.2, -0.15) is 0 Å². The first-order valence-corrected chi connectivity index (χ1v) is 9.66. The normalized spacial score (nSPS) is 11.9. The summed E-state index contributed by atoms with van der Waals surface area (Å²) in [5, 5.41) is 12.9. The Morgan fingerprint density at radius 1 is 1.13 bits per heavy atom. The number of nitrogens with one attached hydrogen (secondary N) is 1. The Hall–Kier alpha value is -3.81. The first kappa shape index (κ1) is 21.9. The minimum atomic E-state index is -0.808. The van der Waals surface area contributed by atoms with Crippen LogP contribution in [0.4, 0.5) is 0 Å². The van der Waals surface area contributed by atoms with E-state index in [1.165, 1.54) is 25.3 Å². The van der Waals surface area contributed by atoms with Crippen LogP contribution in [0.25, 0.3) is 22.3 Å². The van der Waals surface area contributed by atoms with Gasteiger partial charge in [-0.15, -0.1) is 0 Å². The molecule has 2 aromatic carbocycles. The molecule has 0 aliphatic rings. The Kier molecular flexibility index (Phi) is 6.59. The molecule has 0 spiro atoms. The van der Waals surface area contributed by atoms with Gasteiger partial charge >= 0.3 is 5.97 Å². The van der Waals surface area contributed by atoms with Gasteiger partial charge in [0.15, 0.2) is 12.0 Å². The Balaban J connectivity index is 1.82. The number of methoxy groups -OCH3 is 1. The van der Waals surface area contributed by atoms with Gasteiger partial charge in [0.25, 0.3) is 5.91 Å². The summed E-state index contributed by atoms with van der Waals surface area (Å²) in [6, 6.07) is 12.2. The van der Waals surface area contributed by atoms with Gasteiger partial charge in [-0.25, -0.2) is 4.79 Å². The van der Waals surface area contributed by atoms with E-state index in [-0.39, 0.29) is 28.4 Å². The van der Waals surface area contributed by atoms with Gasteiger partial charge in [0, 0.05) is 23.8 Å². The Morgan fingerprint density at radius 2 is 1.84 bits per heavy atom. The number of hydrogen-bond donors (Lipinski definition) is 2. The number of amides is 1. The number of benzene rings is 2. The lowest BCUT2D eigenvalue weighted by molar-refractivity contribution is -0.146. The molecule has 2 N–H and O–H groups in total. The Bertz CT molecular complexity index is 1150. The lowest BCUT2D eigenvalue weighted by Crippen LogP contribution is -2.46. The lowest BCUT2D eigenvalue weighted by Gasteiger charge is -2.19. The van der Waals surface area contributed by atoms with Gasteiger partial charge in [-0.05, 0) is 5.92 Å². The van der Waals surface area contributed by atoms with Crippen LogP contribution >= 0.6 is 0 Å². The van der Waals surface area contributed by atoms with Crippen molar-refractivity contribution in [1.82, 2.24) is 5.32 Å². The molecule has 0 radical (unpaired) electrons. The maximum Gasteiger partial charge on any atom is 0.328 e. The highest BCUT2D eigenvalue weighted by Crippen LogP contribution is 2.31. The fourth-order valence-electron chi connectivity index (χ4n) is 3.06. The summed E-state index contributed by atoms with van der Waals surface area (Å²) in [6.45, 7) is 3.14. The topological polar surface area (TPSA) is 115 Å². The van der Waals surface area contributed by atoms with Gasteiger partial charge < -0.3 is 24.3 Å². The summed E-state index contributed by atoms with van der Waals surface area (Å²) in [5.74, 6) is -1.12. The lowest BCUT2D eigenvalue weighted by atomic mass is 10.0. The first-order valence-electron chi connectivity index (χ1n) is 9.66. The van der Waals surface area contributed by atoms with Gasteiger partial charge in [0.05, 0.1) is 7.11 Å². The van der Waals surface area contributed by atoms with Gasteiger partial charge in [-0.1, -0.05) is 44.2 Å². The molecule has 3 aromatic rings. The summed E-state index contributed by atoms with van der Waals surface area (Å²) in [6.07, 6.45) is 0. The number of hydrogen-bond acceptors (Lipinski definition) is 7. The van der Waals surface area contributed by atoms with E-state index >= 15 is 0 Å². The number of phenols is 1. The predicted octanol–water partition coefficient (Wildman–Crippen LogP) is 2.86. The Labute approximate surface area is 178 Å². The van der Waals surface area contributed by atoms with E-state index in [1.807, 2.05) is 18.2 Å². The molecule has 162 valence electrons. The highest BCUT2D eigenvalue weighted by atomic mass is 16.5. The summed E-state index contributed by atoms with van der Waals surface area (Å²) < 4.78 is 15.9. The zero-order chi connectivity index (χ0) is 22.5. The average Bonchev–Trinajstić information content (AvgIpc) is 2.75. The highest BCUT2D eigenvalue weighted by Gasteiger charge is 2.25. The third kappa shape index (κ3) is 5.03. The van der Waals surface area contributed by atoms with E-state index < -0.39 is 30.0 Å². The van der Waals surface area contributed by atoms with Crippen LogP contribution < -0.4 is 15.5 Å². The zero-order valence-electron chi connectivity index (χ0n) is 17.4. The number of carbonyl (C=O) groups is 2. The molecule has 0 aliphatic heterocycles. The second kappa shape index (κ2) is 9.34. The SMILES string of the molecule is COC(=O)C(NC(=O)COc1cc(O)c2c(=O)cc(-c3ccccc3)oc2c1)C(C)C. The van der Waals surface area contributed by atoms with Crippen molar-refractivity contribution >= 4 is 22.8 Å². The molecule has 0 saturated carbocycles. The average molecular weight is 425 g/mol. The minimum Gasteiger partial charge on any atom is -0.507 e. The van der Waals surface area contributed by atoms with E-state index in [9.17, 15) is 19.5 Å². The number of aromatic hydroxyl groups is 1. The number of rotatable bonds is 7. The second-order valence-electron chi connectivity index (χ2n) is 7.26. The summed E-state index contributed by atoms with van der Waals surface area (Å²) >= 11 is 0. The van der Waals surface area contributed by atoms with Crippen molar-refractivity contribution < 1.29 is 28.6 Å². The van der Waals surface area contributed by atoms with Crippen molar-refractivity contribution in [3.63, 3.8) is 0 Å². The number of carbonyl (C=O) groups excluding carboxylic acids is 2. The summed E-state index contributed by atoms with van der Waals surface area (Å²) in [7, 11) is 1.25. The highest BCUT2D eigenvalue weighted by molar-refractivity contribution is 5.87. The van der Waals surface area contributed by atoms with Crippen LogP contribution in [0.3, 0.4) is 0 Å². The third-order valence-electron chi connectivity index (χ3n) is 4.65. The van der Waals surface area contributed by atoms with E-state index in [2.05, 4.69) is 5.32 Å². The standard InChI is InChI=1S/C23H23NO7/c1-13(2)22(23(28)29-3)24-20(27)12-30-15-9-16(25)21-17(26)11-18(31-19(21)10-15)14-7-5-4-6-8-14/h4-11,13,22,25H,12H2,1-3H3,(H,24,27). The van der Waals surface area contributed by atoms with E-state index in [0.29, 0.717) is 11.3 Å². The fraction of sp³-hybridized carbons (Fsp3) is 0.261. The molecule has 31 heavy (non-hydrogen) atoms. The van der Waals surface area contributed by atoms with Crippen LogP contribution in [0.2, 0.25) is 0 Å². The van der Waals surface area contributed by atoms with Crippen LogP contribution in [0.5, 0.6) is 11.5 Å². The van der Waals surface area contributed by atoms with Crippen LogP contribution in [-0.2, 0) is 14.3 Å². The van der Waals surface area contributed by atoms with E-state index in [4.69, 9.17) is 13.9 Å². The van der Waals surface area contributed by atoms with Crippen molar-refractivity contribution in [3.05, 3.63) is 58.8 Å². The van der Waals surface area contributed by atoms with E-state index in [1.54, 1.807) is 26.0 Å². The predicted molar refractivity (Wildman–Crippen MR) is 114 cm³/mol. The fourth-order valence-corrected chi connectivity index (χ4v) is 3.06. The van der Waals surface area contributed by atoms with Crippen LogP contribution in [0.15, 0.2) is 57.7 Å². The molecule has 3 rings (SSSR count). The van der Waals surface area contributed by atoms with Gasteiger partial charge in [0.2, 0.25) is 0 Å². The van der Waals surface area contributed by atoms with Gasteiger partial charge in [-0.3, -0.25) is 9.59 Å². The monoisotopic (exact) mass is 425 g/mol. The minimum absolute atomic E-state index is 0.0158. The Morgan fingerprint density at radius 3 is 2.48 bits per heavy atom.